The highest BCUT2D eigenvalue weighted by Crippen LogP contribution is 2.22. The van der Waals surface area contributed by atoms with Crippen LogP contribution in [0.4, 0.5) is 14.5 Å². The summed E-state index contributed by atoms with van der Waals surface area (Å²) in [4.78, 5) is 28.8. The standard InChI is InChI=1S/C31H37F2N3O4S/c1-4-18-34-31(38)29(20-24-12-6-5-7-13-24)35(22-25-14-9-8-11-23(25)2)30(37)15-10-19-36(41(3,39)40)26-16-17-27(32)28(33)21-26/h5-9,11-14,16-17,21,29H,4,10,15,18-20,22H2,1-3H3,(H,34,38)/t29-/m1/s1. The molecule has 0 aromatic heterocycles. The molecule has 0 bridgehead atoms. The van der Waals surface area contributed by atoms with Gasteiger partial charge in [-0.25, -0.2) is 17.2 Å². The lowest BCUT2D eigenvalue weighted by atomic mass is 10.0. The summed E-state index contributed by atoms with van der Waals surface area (Å²) < 4.78 is 53.2. The van der Waals surface area contributed by atoms with Gasteiger partial charge in [0.1, 0.15) is 6.04 Å². The number of amides is 2. The molecule has 3 aromatic carbocycles. The molecule has 0 spiro atoms. The van der Waals surface area contributed by atoms with E-state index in [1.54, 1.807) is 4.90 Å². The second-order valence-corrected chi connectivity index (χ2v) is 11.9. The Morgan fingerprint density at radius 1 is 0.951 bits per heavy atom. The normalized spacial score (nSPS) is 12.0. The molecule has 0 fully saturated rings. The van der Waals surface area contributed by atoms with Gasteiger partial charge in [0.15, 0.2) is 11.6 Å². The molecule has 0 aliphatic heterocycles. The third-order valence-electron chi connectivity index (χ3n) is 6.77. The van der Waals surface area contributed by atoms with Crippen molar-refractivity contribution in [2.24, 2.45) is 0 Å². The highest BCUT2D eigenvalue weighted by Gasteiger charge is 2.30. The van der Waals surface area contributed by atoms with Gasteiger partial charge in [-0.1, -0.05) is 61.5 Å². The fourth-order valence-corrected chi connectivity index (χ4v) is 5.49. The Morgan fingerprint density at radius 3 is 2.27 bits per heavy atom. The van der Waals surface area contributed by atoms with Crippen molar-refractivity contribution in [3.63, 3.8) is 0 Å². The van der Waals surface area contributed by atoms with E-state index in [4.69, 9.17) is 0 Å². The lowest BCUT2D eigenvalue weighted by Gasteiger charge is -2.32. The van der Waals surface area contributed by atoms with Crippen molar-refractivity contribution < 1.29 is 26.8 Å². The fraction of sp³-hybridized carbons (Fsp3) is 0.355. The van der Waals surface area contributed by atoms with Crippen LogP contribution >= 0.6 is 0 Å². The molecule has 0 heterocycles. The van der Waals surface area contributed by atoms with Crippen LogP contribution in [0.25, 0.3) is 0 Å². The van der Waals surface area contributed by atoms with Crippen LogP contribution in [0.3, 0.4) is 0 Å². The van der Waals surface area contributed by atoms with Crippen molar-refractivity contribution in [1.82, 2.24) is 10.2 Å². The number of nitrogens with one attached hydrogen (secondary N) is 1. The topological polar surface area (TPSA) is 86.8 Å². The molecule has 3 rings (SSSR count). The average molecular weight is 586 g/mol. The minimum atomic E-state index is -3.85. The third-order valence-corrected chi connectivity index (χ3v) is 7.96. The number of anilines is 1. The summed E-state index contributed by atoms with van der Waals surface area (Å²) in [6.45, 7) is 4.42. The first-order valence-electron chi connectivity index (χ1n) is 13.6. The zero-order valence-electron chi connectivity index (χ0n) is 23.6. The van der Waals surface area contributed by atoms with E-state index in [1.165, 1.54) is 6.07 Å². The van der Waals surface area contributed by atoms with Gasteiger partial charge >= 0.3 is 0 Å². The summed E-state index contributed by atoms with van der Waals surface area (Å²) in [7, 11) is -3.85. The number of hydrogen-bond acceptors (Lipinski definition) is 4. The van der Waals surface area contributed by atoms with Crippen molar-refractivity contribution in [3.05, 3.63) is 101 Å². The monoisotopic (exact) mass is 585 g/mol. The van der Waals surface area contributed by atoms with Crippen LogP contribution in [0, 0.1) is 18.6 Å². The van der Waals surface area contributed by atoms with Gasteiger partial charge in [-0.15, -0.1) is 0 Å². The molecule has 41 heavy (non-hydrogen) atoms. The van der Waals surface area contributed by atoms with Gasteiger partial charge in [0.2, 0.25) is 21.8 Å². The summed E-state index contributed by atoms with van der Waals surface area (Å²) >= 11 is 0. The largest absolute Gasteiger partial charge is 0.354 e. The van der Waals surface area contributed by atoms with Gasteiger partial charge in [-0.3, -0.25) is 13.9 Å². The molecule has 2 amide bonds. The minimum Gasteiger partial charge on any atom is -0.354 e. The molecular formula is C31H37F2N3O4S. The van der Waals surface area contributed by atoms with Crippen LogP contribution in [0.1, 0.15) is 42.9 Å². The first kappa shape index (κ1) is 31.7. The first-order chi connectivity index (χ1) is 19.5. The summed E-state index contributed by atoms with van der Waals surface area (Å²) in [5, 5.41) is 2.93. The van der Waals surface area contributed by atoms with Gasteiger partial charge in [0.25, 0.3) is 0 Å². The van der Waals surface area contributed by atoms with Crippen LogP contribution in [0.5, 0.6) is 0 Å². The van der Waals surface area contributed by atoms with E-state index >= 15 is 0 Å². The average Bonchev–Trinajstić information content (AvgIpc) is 2.94. The van der Waals surface area contributed by atoms with Crippen molar-refractivity contribution in [3.8, 4) is 0 Å². The number of sulfonamides is 1. The Morgan fingerprint density at radius 2 is 1.63 bits per heavy atom. The SMILES string of the molecule is CCCNC(=O)[C@@H](Cc1ccccc1)N(Cc1ccccc1C)C(=O)CCCN(c1ccc(F)c(F)c1)S(C)(=O)=O. The maximum absolute atomic E-state index is 13.9. The number of nitrogens with zero attached hydrogens (tertiary/aromatic N) is 2. The molecule has 0 aliphatic carbocycles. The molecule has 0 aliphatic rings. The Kier molecular flexibility index (Phi) is 11.4. The van der Waals surface area contributed by atoms with Gasteiger partial charge in [0, 0.05) is 38.5 Å². The first-order valence-corrected chi connectivity index (χ1v) is 15.4. The van der Waals surface area contributed by atoms with Crippen LogP contribution < -0.4 is 9.62 Å². The summed E-state index contributed by atoms with van der Waals surface area (Å²) in [6, 6.07) is 19.1. The predicted octanol–water partition coefficient (Wildman–Crippen LogP) is 4.99. The predicted molar refractivity (Wildman–Crippen MR) is 157 cm³/mol. The minimum absolute atomic E-state index is 0.0310. The van der Waals surface area contributed by atoms with Gasteiger partial charge < -0.3 is 10.2 Å². The maximum Gasteiger partial charge on any atom is 0.243 e. The van der Waals surface area contributed by atoms with Crippen LogP contribution in [0.15, 0.2) is 72.8 Å². The van der Waals surface area contributed by atoms with Crippen LogP contribution in [-0.4, -0.2) is 50.5 Å². The van der Waals surface area contributed by atoms with Crippen LogP contribution in [-0.2, 0) is 32.6 Å². The Hall–Kier alpha value is -3.79. The van der Waals surface area contributed by atoms with E-state index in [2.05, 4.69) is 5.32 Å². The van der Waals surface area contributed by atoms with Crippen molar-refractivity contribution in [2.45, 2.75) is 52.1 Å². The third kappa shape index (κ3) is 9.11. The summed E-state index contributed by atoms with van der Waals surface area (Å²) in [6.07, 6.45) is 2.05. The molecule has 1 atom stereocenters. The number of carbonyl (C=O) groups excluding carboxylic acids is 2. The Labute approximate surface area is 241 Å². The van der Waals surface area contributed by atoms with Gasteiger partial charge in [-0.2, -0.15) is 0 Å². The molecular weight excluding hydrogens is 548 g/mol. The Bertz CT molecular complexity index is 1430. The number of benzene rings is 3. The lowest BCUT2D eigenvalue weighted by Crippen LogP contribution is -2.50. The lowest BCUT2D eigenvalue weighted by molar-refractivity contribution is -0.141. The highest BCUT2D eigenvalue weighted by atomic mass is 32.2. The second-order valence-electron chi connectivity index (χ2n) is 9.98. The van der Waals surface area contributed by atoms with E-state index in [9.17, 15) is 26.8 Å². The maximum atomic E-state index is 13.9. The summed E-state index contributed by atoms with van der Waals surface area (Å²) in [5.41, 5.74) is 2.73. The van der Waals surface area contributed by atoms with Gasteiger partial charge in [-0.05, 0) is 48.6 Å². The molecule has 7 nitrogen and oxygen atoms in total. The molecule has 10 heteroatoms. The van der Waals surface area contributed by atoms with E-state index in [0.29, 0.717) is 13.0 Å². The molecule has 1 N–H and O–H groups in total. The van der Waals surface area contributed by atoms with E-state index in [0.717, 1.165) is 45.8 Å². The number of carbonyl (C=O) groups is 2. The van der Waals surface area contributed by atoms with Crippen molar-refractivity contribution in [1.29, 1.82) is 0 Å². The molecule has 0 saturated carbocycles. The molecule has 3 aromatic rings. The summed E-state index contributed by atoms with van der Waals surface area (Å²) in [5.74, 6) is -2.84. The van der Waals surface area contributed by atoms with Crippen LogP contribution in [0.2, 0.25) is 0 Å². The zero-order valence-corrected chi connectivity index (χ0v) is 24.5. The molecule has 0 radical (unpaired) electrons. The molecule has 0 saturated heterocycles. The smallest absolute Gasteiger partial charge is 0.243 e. The second kappa shape index (κ2) is 14.7. The van der Waals surface area contributed by atoms with Gasteiger partial charge in [0.05, 0.1) is 11.9 Å². The number of halogens is 2. The van der Waals surface area contributed by atoms with E-state index in [1.807, 2.05) is 68.4 Å². The highest BCUT2D eigenvalue weighted by molar-refractivity contribution is 7.92. The molecule has 220 valence electrons. The number of hydrogen-bond donors (Lipinski definition) is 1. The number of rotatable bonds is 14. The van der Waals surface area contributed by atoms with E-state index in [-0.39, 0.29) is 43.4 Å². The zero-order chi connectivity index (χ0) is 30.0. The fourth-order valence-electron chi connectivity index (χ4n) is 4.54. The molecule has 0 unspecified atom stereocenters. The quantitative estimate of drug-likeness (QED) is 0.289. The number of aryl methyl sites for hydroxylation is 1. The van der Waals surface area contributed by atoms with E-state index < -0.39 is 27.7 Å². The van der Waals surface area contributed by atoms with Crippen molar-refractivity contribution >= 4 is 27.5 Å². The van der Waals surface area contributed by atoms with Crippen molar-refractivity contribution in [2.75, 3.05) is 23.7 Å². The Balaban J connectivity index is 1.88.